The van der Waals surface area contributed by atoms with E-state index in [0.29, 0.717) is 28.7 Å². The molecule has 188 valence electrons. The lowest BCUT2D eigenvalue weighted by molar-refractivity contribution is -0.119. The summed E-state index contributed by atoms with van der Waals surface area (Å²) in [4.78, 5) is 12.8. The van der Waals surface area contributed by atoms with E-state index in [4.69, 9.17) is 21.1 Å². The van der Waals surface area contributed by atoms with Crippen LogP contribution in [0.1, 0.15) is 11.1 Å². The van der Waals surface area contributed by atoms with E-state index < -0.39 is 22.5 Å². The predicted molar refractivity (Wildman–Crippen MR) is 142 cm³/mol. The first-order chi connectivity index (χ1) is 17.2. The molecule has 0 saturated heterocycles. The summed E-state index contributed by atoms with van der Waals surface area (Å²) in [6, 6.07) is 17.8. The van der Waals surface area contributed by atoms with E-state index in [0.717, 1.165) is 9.87 Å². The van der Waals surface area contributed by atoms with E-state index in [-0.39, 0.29) is 10.6 Å². The van der Waals surface area contributed by atoms with Gasteiger partial charge >= 0.3 is 0 Å². The van der Waals surface area contributed by atoms with E-state index in [1.807, 2.05) is 6.92 Å². The number of nitrogens with one attached hydrogen (secondary N) is 1. The first kappa shape index (κ1) is 26.8. The lowest BCUT2D eigenvalue weighted by atomic mass is 10.2. The van der Waals surface area contributed by atoms with Gasteiger partial charge in [0.25, 0.3) is 15.9 Å². The standard InChI is InChI=1S/C26H26ClN3O5S/c1-4-14-35-24-13-10-20(15-25(24)34-3)17-28-29-26(31)18-30(22-7-5-6-21(27)16-22)36(32,33)23-11-8-19(2)9-12-23/h4-13,15-17H,1,14,18H2,2-3H3,(H,29,31)/b28-17-. The van der Waals surface area contributed by atoms with Crippen molar-refractivity contribution in [2.45, 2.75) is 11.8 Å². The SMILES string of the molecule is C=CCOc1ccc(/C=N\NC(=O)CN(c2cccc(Cl)c2)S(=O)(=O)c2ccc(C)cc2)cc1OC. The monoisotopic (exact) mass is 527 g/mol. The number of hydrogen-bond donors (Lipinski definition) is 1. The number of halogens is 1. The van der Waals surface area contributed by atoms with Gasteiger partial charge < -0.3 is 9.47 Å². The maximum Gasteiger partial charge on any atom is 0.264 e. The minimum absolute atomic E-state index is 0.0511. The summed E-state index contributed by atoms with van der Waals surface area (Å²) in [5.41, 5.74) is 4.17. The third-order valence-corrected chi connectivity index (χ3v) is 6.96. The first-order valence-electron chi connectivity index (χ1n) is 10.8. The fourth-order valence-electron chi connectivity index (χ4n) is 3.16. The molecule has 0 aliphatic rings. The van der Waals surface area contributed by atoms with E-state index in [1.54, 1.807) is 54.6 Å². The number of nitrogens with zero attached hydrogens (tertiary/aromatic N) is 2. The van der Waals surface area contributed by atoms with Crippen molar-refractivity contribution in [1.82, 2.24) is 5.43 Å². The van der Waals surface area contributed by atoms with Gasteiger partial charge in [0.1, 0.15) is 13.2 Å². The van der Waals surface area contributed by atoms with Gasteiger partial charge in [0.15, 0.2) is 11.5 Å². The molecule has 3 aromatic rings. The zero-order valence-electron chi connectivity index (χ0n) is 19.8. The van der Waals surface area contributed by atoms with Crippen LogP contribution < -0.4 is 19.2 Å². The lowest BCUT2D eigenvalue weighted by Gasteiger charge is -2.24. The molecule has 0 spiro atoms. The molecule has 0 atom stereocenters. The molecular formula is C26H26ClN3O5S. The number of benzene rings is 3. The second kappa shape index (κ2) is 12.2. The second-order valence-electron chi connectivity index (χ2n) is 7.61. The van der Waals surface area contributed by atoms with Gasteiger partial charge in [-0.25, -0.2) is 13.8 Å². The van der Waals surface area contributed by atoms with Crippen molar-refractivity contribution in [3.8, 4) is 11.5 Å². The van der Waals surface area contributed by atoms with Gasteiger partial charge in [0.05, 0.1) is 23.9 Å². The lowest BCUT2D eigenvalue weighted by Crippen LogP contribution is -2.39. The zero-order chi connectivity index (χ0) is 26.1. The maximum absolute atomic E-state index is 13.4. The number of sulfonamides is 1. The highest BCUT2D eigenvalue weighted by Gasteiger charge is 2.27. The van der Waals surface area contributed by atoms with Crippen LogP contribution in [0.2, 0.25) is 5.02 Å². The van der Waals surface area contributed by atoms with Gasteiger partial charge in [-0.05, 0) is 61.0 Å². The minimum atomic E-state index is -4.06. The van der Waals surface area contributed by atoms with Gasteiger partial charge in [0.2, 0.25) is 0 Å². The molecular weight excluding hydrogens is 502 g/mol. The molecule has 0 aliphatic carbocycles. The van der Waals surface area contributed by atoms with Crippen LogP contribution in [0.15, 0.2) is 89.4 Å². The minimum Gasteiger partial charge on any atom is -0.493 e. The highest BCUT2D eigenvalue weighted by atomic mass is 35.5. The Hall–Kier alpha value is -3.82. The topological polar surface area (TPSA) is 97.3 Å². The zero-order valence-corrected chi connectivity index (χ0v) is 21.4. The molecule has 0 aliphatic heterocycles. The van der Waals surface area contributed by atoms with Crippen LogP contribution >= 0.6 is 11.6 Å². The fourth-order valence-corrected chi connectivity index (χ4v) is 4.76. The molecule has 10 heteroatoms. The van der Waals surface area contributed by atoms with Crippen LogP contribution in [0, 0.1) is 6.92 Å². The fraction of sp³-hybridized carbons (Fsp3) is 0.154. The number of carbonyl (C=O) groups excluding carboxylic acids is 1. The molecule has 3 aromatic carbocycles. The van der Waals surface area contributed by atoms with Gasteiger partial charge in [-0.15, -0.1) is 0 Å². The number of anilines is 1. The highest BCUT2D eigenvalue weighted by molar-refractivity contribution is 7.92. The number of aryl methyl sites for hydroxylation is 1. The molecule has 3 rings (SSSR count). The molecule has 0 aromatic heterocycles. The summed E-state index contributed by atoms with van der Waals surface area (Å²) < 4.78 is 38.6. The van der Waals surface area contributed by atoms with E-state index in [2.05, 4.69) is 17.1 Å². The summed E-state index contributed by atoms with van der Waals surface area (Å²) >= 11 is 6.09. The molecule has 1 N–H and O–H groups in total. The summed E-state index contributed by atoms with van der Waals surface area (Å²) in [6.07, 6.45) is 3.03. The number of hydrogen-bond acceptors (Lipinski definition) is 6. The number of rotatable bonds is 11. The second-order valence-corrected chi connectivity index (χ2v) is 9.91. The Balaban J connectivity index is 1.79. The normalized spacial score (nSPS) is 11.2. The van der Waals surface area contributed by atoms with Crippen LogP contribution in [0.25, 0.3) is 0 Å². The molecule has 0 heterocycles. The van der Waals surface area contributed by atoms with Gasteiger partial charge in [-0.2, -0.15) is 5.10 Å². The summed E-state index contributed by atoms with van der Waals surface area (Å²) in [5.74, 6) is 0.389. The summed E-state index contributed by atoms with van der Waals surface area (Å²) in [6.45, 7) is 5.29. The van der Waals surface area contributed by atoms with Crippen molar-refractivity contribution in [3.05, 3.63) is 95.5 Å². The van der Waals surface area contributed by atoms with E-state index in [9.17, 15) is 13.2 Å². The van der Waals surface area contributed by atoms with Gasteiger partial charge in [0, 0.05) is 5.02 Å². The number of carbonyl (C=O) groups is 1. The molecule has 1 amide bonds. The number of amides is 1. The van der Waals surface area contributed by atoms with Gasteiger partial charge in [-0.3, -0.25) is 9.10 Å². The van der Waals surface area contributed by atoms with Crippen LogP contribution in [0.4, 0.5) is 5.69 Å². The Labute approximate surface area is 215 Å². The smallest absolute Gasteiger partial charge is 0.264 e. The van der Waals surface area contributed by atoms with Crippen molar-refractivity contribution in [1.29, 1.82) is 0 Å². The Morgan fingerprint density at radius 1 is 1.11 bits per heavy atom. The Kier molecular flexibility index (Phi) is 9.10. The molecule has 8 nitrogen and oxygen atoms in total. The van der Waals surface area contributed by atoms with Crippen molar-refractivity contribution in [2.75, 3.05) is 24.6 Å². The van der Waals surface area contributed by atoms with Crippen molar-refractivity contribution >= 4 is 39.4 Å². The Bertz CT molecular complexity index is 1360. The Morgan fingerprint density at radius 2 is 1.86 bits per heavy atom. The van der Waals surface area contributed by atoms with Crippen molar-refractivity contribution < 1.29 is 22.7 Å². The number of methoxy groups -OCH3 is 1. The van der Waals surface area contributed by atoms with Crippen molar-refractivity contribution in [3.63, 3.8) is 0 Å². The maximum atomic E-state index is 13.4. The van der Waals surface area contributed by atoms with Crippen LogP contribution in [0.5, 0.6) is 11.5 Å². The quantitative estimate of drug-likeness (QED) is 0.224. The third kappa shape index (κ3) is 6.87. The predicted octanol–water partition coefficient (Wildman–Crippen LogP) is 4.57. The Morgan fingerprint density at radius 3 is 2.53 bits per heavy atom. The molecule has 0 radical (unpaired) electrons. The molecule has 0 saturated carbocycles. The molecule has 0 unspecified atom stereocenters. The number of hydrazone groups is 1. The molecule has 0 fully saturated rings. The average molecular weight is 528 g/mol. The third-order valence-electron chi connectivity index (χ3n) is 4.94. The summed E-state index contributed by atoms with van der Waals surface area (Å²) in [7, 11) is -2.55. The number of ether oxygens (including phenoxy) is 2. The molecule has 0 bridgehead atoms. The van der Waals surface area contributed by atoms with E-state index >= 15 is 0 Å². The molecule has 36 heavy (non-hydrogen) atoms. The van der Waals surface area contributed by atoms with Crippen LogP contribution in [-0.2, 0) is 14.8 Å². The average Bonchev–Trinajstić information content (AvgIpc) is 2.86. The van der Waals surface area contributed by atoms with Crippen LogP contribution in [0.3, 0.4) is 0 Å². The van der Waals surface area contributed by atoms with E-state index in [1.165, 1.54) is 31.5 Å². The van der Waals surface area contributed by atoms with Crippen LogP contribution in [-0.4, -0.2) is 40.8 Å². The van der Waals surface area contributed by atoms with Crippen molar-refractivity contribution in [2.24, 2.45) is 5.10 Å². The summed E-state index contributed by atoms with van der Waals surface area (Å²) in [5, 5.41) is 4.29. The largest absolute Gasteiger partial charge is 0.493 e. The highest BCUT2D eigenvalue weighted by Crippen LogP contribution is 2.28. The first-order valence-corrected chi connectivity index (χ1v) is 12.6. The van der Waals surface area contributed by atoms with Gasteiger partial charge in [-0.1, -0.05) is 48.0 Å².